The third-order valence-corrected chi connectivity index (χ3v) is 3.15. The van der Waals surface area contributed by atoms with Crippen molar-refractivity contribution in [1.82, 2.24) is 4.98 Å². The van der Waals surface area contributed by atoms with Crippen LogP contribution in [0, 0.1) is 5.82 Å². The highest BCUT2D eigenvalue weighted by atomic mass is 19.1. The number of hydrogen-bond acceptors (Lipinski definition) is 6. The summed E-state index contributed by atoms with van der Waals surface area (Å²) in [5, 5.41) is 3.83. The summed E-state index contributed by atoms with van der Waals surface area (Å²) in [6, 6.07) is 8.97. The van der Waals surface area contributed by atoms with Crippen LogP contribution in [0.25, 0.3) is 0 Å². The highest BCUT2D eigenvalue weighted by Crippen LogP contribution is 2.19. The Kier molecular flexibility index (Phi) is 7.78. The summed E-state index contributed by atoms with van der Waals surface area (Å²) in [5.41, 5.74) is 6.44. The van der Waals surface area contributed by atoms with Crippen LogP contribution in [0.2, 0.25) is 0 Å². The average Bonchev–Trinajstić information content (AvgIpc) is 2.64. The molecule has 0 unspecified atom stereocenters. The Bertz CT molecular complexity index is 687. The molecule has 7 nitrogen and oxygen atoms in total. The number of pyridine rings is 1. The summed E-state index contributed by atoms with van der Waals surface area (Å²) in [5.74, 6) is 0.662. The maximum absolute atomic E-state index is 12.9. The Labute approximate surface area is 151 Å². The van der Waals surface area contributed by atoms with Crippen LogP contribution in [0.3, 0.4) is 0 Å². The van der Waals surface area contributed by atoms with Crippen LogP contribution in [-0.2, 0) is 14.3 Å². The maximum atomic E-state index is 12.9. The number of benzene rings is 1. The number of hydrogen-bond donors (Lipinski definition) is 1. The van der Waals surface area contributed by atoms with Crippen molar-refractivity contribution in [2.75, 3.05) is 19.8 Å². The quantitative estimate of drug-likeness (QED) is 0.302. The molecule has 8 heteroatoms. The molecular weight excluding hydrogens is 341 g/mol. The van der Waals surface area contributed by atoms with Gasteiger partial charge in [-0.15, -0.1) is 0 Å². The molecule has 26 heavy (non-hydrogen) atoms. The Balaban J connectivity index is 1.90. The first-order valence-corrected chi connectivity index (χ1v) is 8.20. The van der Waals surface area contributed by atoms with Crippen LogP contribution in [0.4, 0.5) is 4.39 Å². The highest BCUT2D eigenvalue weighted by Gasteiger charge is 2.09. The first-order chi connectivity index (χ1) is 12.6. The van der Waals surface area contributed by atoms with Crippen molar-refractivity contribution < 1.29 is 23.4 Å². The zero-order chi connectivity index (χ0) is 18.8. The van der Waals surface area contributed by atoms with Gasteiger partial charge in [0.25, 0.3) is 0 Å². The number of amidine groups is 1. The molecule has 1 heterocycles. The summed E-state index contributed by atoms with van der Waals surface area (Å²) < 4.78 is 29.1. The second-order valence-corrected chi connectivity index (χ2v) is 5.05. The molecular formula is C18H22FN3O4. The van der Waals surface area contributed by atoms with E-state index in [4.69, 9.17) is 24.8 Å². The van der Waals surface area contributed by atoms with Crippen molar-refractivity contribution in [1.29, 1.82) is 0 Å². The van der Waals surface area contributed by atoms with E-state index in [9.17, 15) is 4.39 Å². The fraction of sp³-hybridized carbons (Fsp3) is 0.333. The summed E-state index contributed by atoms with van der Waals surface area (Å²) in [6.07, 6.45) is 1.01. The molecule has 0 saturated carbocycles. The number of halogens is 1. The number of rotatable bonds is 10. The van der Waals surface area contributed by atoms with Gasteiger partial charge in [0, 0.05) is 31.0 Å². The molecule has 0 spiro atoms. The average molecular weight is 363 g/mol. The molecule has 0 amide bonds. The van der Waals surface area contributed by atoms with E-state index in [-0.39, 0.29) is 18.3 Å². The Hall–Kier alpha value is -2.71. The van der Waals surface area contributed by atoms with Gasteiger partial charge in [0.15, 0.2) is 18.7 Å². The van der Waals surface area contributed by atoms with E-state index in [1.165, 1.54) is 30.5 Å². The minimum Gasteiger partial charge on any atom is -0.439 e. The second kappa shape index (κ2) is 10.3. The van der Waals surface area contributed by atoms with Gasteiger partial charge in [-0.3, -0.25) is 0 Å². The van der Waals surface area contributed by atoms with E-state index in [2.05, 4.69) is 10.1 Å². The van der Waals surface area contributed by atoms with Gasteiger partial charge < -0.3 is 24.8 Å². The number of nitrogens with zero attached hydrogens (tertiary/aromatic N) is 2. The smallest absolute Gasteiger partial charge is 0.219 e. The number of oxime groups is 1. The summed E-state index contributed by atoms with van der Waals surface area (Å²) in [6.45, 7) is 4.87. The van der Waals surface area contributed by atoms with E-state index < -0.39 is 6.29 Å². The predicted octanol–water partition coefficient (Wildman–Crippen LogP) is 3.05. The van der Waals surface area contributed by atoms with Gasteiger partial charge in [-0.05, 0) is 44.2 Å². The molecule has 140 valence electrons. The third-order valence-electron chi connectivity index (χ3n) is 3.15. The molecule has 0 radical (unpaired) electrons. The van der Waals surface area contributed by atoms with Crippen molar-refractivity contribution >= 4 is 5.84 Å². The monoisotopic (exact) mass is 363 g/mol. The van der Waals surface area contributed by atoms with Crippen LogP contribution in [0.15, 0.2) is 47.8 Å². The predicted molar refractivity (Wildman–Crippen MR) is 94.4 cm³/mol. The van der Waals surface area contributed by atoms with E-state index in [0.29, 0.717) is 30.4 Å². The van der Waals surface area contributed by atoms with Crippen LogP contribution in [0.1, 0.15) is 19.4 Å². The van der Waals surface area contributed by atoms with Crippen molar-refractivity contribution in [3.63, 3.8) is 0 Å². The molecule has 0 saturated heterocycles. The van der Waals surface area contributed by atoms with E-state index in [1.54, 1.807) is 12.1 Å². The maximum Gasteiger partial charge on any atom is 0.219 e. The molecule has 2 aromatic rings. The van der Waals surface area contributed by atoms with Gasteiger partial charge in [0.2, 0.25) is 5.88 Å². The standard InChI is InChI=1S/C18H22FN3O4/c1-3-23-17(24-4-2)12-25-22-18(20)13-5-10-16(21-11-13)26-15-8-6-14(19)7-9-15/h5-11,17H,3-4,12H2,1-2H3,(H2,20,22). The Morgan fingerprint density at radius 3 is 2.38 bits per heavy atom. The lowest BCUT2D eigenvalue weighted by atomic mass is 10.3. The molecule has 0 fully saturated rings. The molecule has 0 aliphatic heterocycles. The zero-order valence-electron chi connectivity index (χ0n) is 14.7. The zero-order valence-corrected chi connectivity index (χ0v) is 14.7. The molecule has 1 aromatic heterocycles. The molecule has 0 atom stereocenters. The normalized spacial score (nSPS) is 11.6. The fourth-order valence-electron chi connectivity index (χ4n) is 1.95. The van der Waals surface area contributed by atoms with Crippen LogP contribution in [-0.4, -0.2) is 36.9 Å². The lowest BCUT2D eigenvalue weighted by molar-refractivity contribution is -0.167. The molecule has 0 aliphatic rings. The fourth-order valence-corrected chi connectivity index (χ4v) is 1.95. The van der Waals surface area contributed by atoms with Crippen LogP contribution in [0.5, 0.6) is 11.6 Å². The minimum atomic E-state index is -0.494. The lowest BCUT2D eigenvalue weighted by Crippen LogP contribution is -2.23. The van der Waals surface area contributed by atoms with Gasteiger partial charge in [0.05, 0.1) is 0 Å². The topological polar surface area (TPSA) is 88.2 Å². The van der Waals surface area contributed by atoms with Gasteiger partial charge in [-0.1, -0.05) is 5.16 Å². The summed E-state index contributed by atoms with van der Waals surface area (Å²) in [4.78, 5) is 9.31. The first-order valence-electron chi connectivity index (χ1n) is 8.20. The third kappa shape index (κ3) is 6.30. The lowest BCUT2D eigenvalue weighted by Gasteiger charge is -2.15. The molecule has 0 aliphatic carbocycles. The van der Waals surface area contributed by atoms with E-state index in [0.717, 1.165) is 0 Å². The van der Waals surface area contributed by atoms with Gasteiger partial charge in [-0.2, -0.15) is 0 Å². The number of aromatic nitrogens is 1. The molecule has 0 bridgehead atoms. The molecule has 2 N–H and O–H groups in total. The van der Waals surface area contributed by atoms with Crippen molar-refractivity contribution in [2.24, 2.45) is 10.9 Å². The van der Waals surface area contributed by atoms with Crippen molar-refractivity contribution in [3.05, 3.63) is 54.0 Å². The van der Waals surface area contributed by atoms with Gasteiger partial charge in [0.1, 0.15) is 11.6 Å². The van der Waals surface area contributed by atoms with Crippen LogP contribution < -0.4 is 10.5 Å². The van der Waals surface area contributed by atoms with E-state index >= 15 is 0 Å². The highest BCUT2D eigenvalue weighted by molar-refractivity contribution is 5.96. The second-order valence-electron chi connectivity index (χ2n) is 5.05. The largest absolute Gasteiger partial charge is 0.439 e. The van der Waals surface area contributed by atoms with Gasteiger partial charge >= 0.3 is 0 Å². The molecule has 2 rings (SSSR count). The van der Waals surface area contributed by atoms with Crippen molar-refractivity contribution in [3.8, 4) is 11.6 Å². The van der Waals surface area contributed by atoms with Crippen molar-refractivity contribution in [2.45, 2.75) is 20.1 Å². The number of ether oxygens (including phenoxy) is 3. The van der Waals surface area contributed by atoms with E-state index in [1.807, 2.05) is 13.8 Å². The summed E-state index contributed by atoms with van der Waals surface area (Å²) in [7, 11) is 0. The minimum absolute atomic E-state index is 0.127. The Morgan fingerprint density at radius 1 is 1.12 bits per heavy atom. The van der Waals surface area contributed by atoms with Gasteiger partial charge in [-0.25, -0.2) is 9.37 Å². The van der Waals surface area contributed by atoms with Crippen LogP contribution >= 0.6 is 0 Å². The Morgan fingerprint density at radius 2 is 1.81 bits per heavy atom. The summed E-state index contributed by atoms with van der Waals surface area (Å²) >= 11 is 0. The first kappa shape index (κ1) is 19.6. The molecule has 1 aromatic carbocycles. The SMILES string of the molecule is CCOC(CO/N=C(\N)c1ccc(Oc2ccc(F)cc2)nc1)OCC. The number of nitrogens with two attached hydrogens (primary N) is 1.